The maximum atomic E-state index is 15.5. The number of para-hydroxylation sites is 1. The maximum Gasteiger partial charge on any atom is 0.537 e. The van der Waals surface area contributed by atoms with Gasteiger partial charge in [-0.05, 0) is 23.0 Å². The zero-order chi connectivity index (χ0) is 18.9. The SMILES string of the molecule is CC(C)c1cccc(C(C)C)c1NB(F)N([Si](C)(C)C)[Si](C)(C)C. The molecule has 0 aliphatic carbocycles. The van der Waals surface area contributed by atoms with Crippen LogP contribution in [0.1, 0.15) is 50.7 Å². The standard InChI is InChI=1S/C18H36BFN2Si2/c1-14(2)16-12-11-13-17(15(3)4)18(16)21-19(20)22(23(5,6)7)24(8,9)10/h11-15,21H,1-10H3. The molecule has 0 aliphatic heterocycles. The van der Waals surface area contributed by atoms with Crippen LogP contribution in [0.4, 0.5) is 10.0 Å². The molecule has 0 aromatic heterocycles. The minimum Gasteiger partial charge on any atom is -0.386 e. The third kappa shape index (κ3) is 5.20. The summed E-state index contributed by atoms with van der Waals surface area (Å²) >= 11 is 0. The fourth-order valence-electron chi connectivity index (χ4n) is 3.59. The second kappa shape index (κ2) is 7.75. The number of benzene rings is 1. The second-order valence-corrected chi connectivity index (χ2v) is 19.4. The monoisotopic (exact) mass is 366 g/mol. The molecule has 0 bridgehead atoms. The number of hydrogen-bond acceptors (Lipinski definition) is 2. The molecule has 0 heterocycles. The summed E-state index contributed by atoms with van der Waals surface area (Å²) in [6.45, 7) is 22.1. The summed E-state index contributed by atoms with van der Waals surface area (Å²) in [5.41, 5.74) is 3.40. The van der Waals surface area contributed by atoms with E-state index in [0.717, 1.165) is 5.69 Å². The van der Waals surface area contributed by atoms with E-state index in [1.165, 1.54) is 11.1 Å². The first-order valence-electron chi connectivity index (χ1n) is 9.09. The zero-order valence-corrected chi connectivity index (χ0v) is 19.3. The lowest BCUT2D eigenvalue weighted by molar-refractivity contribution is 0.729. The van der Waals surface area contributed by atoms with Crippen LogP contribution in [0.3, 0.4) is 0 Å². The third-order valence-corrected chi connectivity index (χ3v) is 11.7. The molecule has 1 aromatic carbocycles. The Labute approximate surface area is 151 Å². The average Bonchev–Trinajstić information content (AvgIpc) is 2.34. The van der Waals surface area contributed by atoms with Crippen molar-refractivity contribution in [2.75, 3.05) is 5.23 Å². The molecule has 0 saturated heterocycles. The first kappa shape index (κ1) is 21.5. The van der Waals surface area contributed by atoms with Crippen LogP contribution in [-0.4, -0.2) is 27.9 Å². The van der Waals surface area contributed by atoms with Crippen molar-refractivity contribution in [3.63, 3.8) is 0 Å². The molecular formula is C18H36BFN2Si2. The number of rotatable bonds is 7. The second-order valence-electron chi connectivity index (χ2n) is 9.31. The molecule has 0 amide bonds. The van der Waals surface area contributed by atoms with Crippen LogP contribution in [0.15, 0.2) is 18.2 Å². The van der Waals surface area contributed by atoms with Crippen molar-refractivity contribution < 1.29 is 4.32 Å². The lowest BCUT2D eigenvalue weighted by Gasteiger charge is -2.44. The highest BCUT2D eigenvalue weighted by Crippen LogP contribution is 2.34. The predicted molar refractivity (Wildman–Crippen MR) is 114 cm³/mol. The van der Waals surface area contributed by atoms with Crippen molar-refractivity contribution in [2.45, 2.75) is 78.8 Å². The largest absolute Gasteiger partial charge is 0.537 e. The molecule has 0 aliphatic rings. The number of hydrogen-bond donors (Lipinski definition) is 1. The minimum atomic E-state index is -1.77. The first-order chi connectivity index (χ1) is 10.8. The Morgan fingerprint density at radius 1 is 0.875 bits per heavy atom. The Hall–Kier alpha value is -0.591. The van der Waals surface area contributed by atoms with Crippen molar-refractivity contribution in [3.05, 3.63) is 29.3 Å². The average molecular weight is 366 g/mol. The molecule has 136 valence electrons. The van der Waals surface area contributed by atoms with E-state index >= 15 is 4.32 Å². The Morgan fingerprint density at radius 2 is 1.25 bits per heavy atom. The number of halogens is 1. The van der Waals surface area contributed by atoms with E-state index in [2.05, 4.69) is 94.5 Å². The molecule has 0 saturated carbocycles. The Kier molecular flexibility index (Phi) is 6.93. The van der Waals surface area contributed by atoms with Gasteiger partial charge in [0.15, 0.2) is 0 Å². The van der Waals surface area contributed by atoms with Crippen LogP contribution in [0.2, 0.25) is 39.3 Å². The summed E-state index contributed by atoms with van der Waals surface area (Å²) in [4.78, 5) is 0. The van der Waals surface area contributed by atoms with Gasteiger partial charge in [-0.2, -0.15) is 0 Å². The third-order valence-electron chi connectivity index (χ3n) is 4.31. The molecule has 0 radical (unpaired) electrons. The van der Waals surface area contributed by atoms with E-state index in [1.807, 2.05) is 0 Å². The molecule has 0 fully saturated rings. The van der Waals surface area contributed by atoms with E-state index in [-0.39, 0.29) is 0 Å². The minimum absolute atomic E-state index is 0.366. The molecule has 1 rings (SSSR count). The quantitative estimate of drug-likeness (QED) is 0.572. The molecule has 0 atom stereocenters. The van der Waals surface area contributed by atoms with Gasteiger partial charge in [0, 0.05) is 5.69 Å². The van der Waals surface area contributed by atoms with Crippen molar-refractivity contribution >= 4 is 29.4 Å². The van der Waals surface area contributed by atoms with Gasteiger partial charge < -0.3 is 9.37 Å². The van der Waals surface area contributed by atoms with Crippen molar-refractivity contribution in [3.8, 4) is 0 Å². The molecule has 6 heteroatoms. The van der Waals surface area contributed by atoms with Crippen LogP contribution in [0, 0.1) is 0 Å². The topological polar surface area (TPSA) is 15.3 Å². The van der Waals surface area contributed by atoms with Crippen molar-refractivity contribution in [2.24, 2.45) is 0 Å². The van der Waals surface area contributed by atoms with E-state index in [0.29, 0.717) is 11.8 Å². The van der Waals surface area contributed by atoms with Gasteiger partial charge in [-0.3, -0.25) is 4.32 Å². The zero-order valence-electron chi connectivity index (χ0n) is 17.3. The summed E-state index contributed by atoms with van der Waals surface area (Å²) in [7, 11) is -4.67. The van der Waals surface area contributed by atoms with E-state index in [4.69, 9.17) is 0 Å². The summed E-state index contributed by atoms with van der Waals surface area (Å²) in [6.07, 6.45) is 0. The van der Waals surface area contributed by atoms with Crippen LogP contribution in [0.25, 0.3) is 0 Å². The lowest BCUT2D eigenvalue weighted by Crippen LogP contribution is -2.66. The maximum absolute atomic E-state index is 15.5. The van der Waals surface area contributed by atoms with Crippen molar-refractivity contribution in [1.82, 2.24) is 4.14 Å². The highest BCUT2D eigenvalue weighted by atomic mass is 28.4. The van der Waals surface area contributed by atoms with Gasteiger partial charge >= 0.3 is 7.26 Å². The predicted octanol–water partition coefficient (Wildman–Crippen LogP) is 6.27. The van der Waals surface area contributed by atoms with Gasteiger partial charge in [0.2, 0.25) is 0 Å². The van der Waals surface area contributed by atoms with Gasteiger partial charge in [-0.25, -0.2) is 0 Å². The van der Waals surface area contributed by atoms with E-state index in [9.17, 15) is 0 Å². The Balaban J connectivity index is 3.33. The Bertz CT molecular complexity index is 511. The van der Waals surface area contributed by atoms with Gasteiger partial charge in [-0.1, -0.05) is 85.2 Å². The van der Waals surface area contributed by atoms with Crippen LogP contribution < -0.4 is 5.23 Å². The first-order valence-corrected chi connectivity index (χ1v) is 16.0. The summed E-state index contributed by atoms with van der Waals surface area (Å²) in [5, 5.41) is 3.28. The van der Waals surface area contributed by atoms with Crippen LogP contribution >= 0.6 is 0 Å². The van der Waals surface area contributed by atoms with Crippen LogP contribution in [0.5, 0.6) is 0 Å². The molecule has 1 aromatic rings. The fraction of sp³-hybridized carbons (Fsp3) is 0.667. The van der Waals surface area contributed by atoms with Gasteiger partial charge in [0.1, 0.15) is 16.5 Å². The molecular weight excluding hydrogens is 330 g/mol. The van der Waals surface area contributed by atoms with Crippen molar-refractivity contribution in [1.29, 1.82) is 0 Å². The van der Waals surface area contributed by atoms with E-state index < -0.39 is 23.7 Å². The molecule has 24 heavy (non-hydrogen) atoms. The van der Waals surface area contributed by atoms with Crippen LogP contribution in [-0.2, 0) is 0 Å². The molecule has 0 spiro atoms. The van der Waals surface area contributed by atoms with Gasteiger partial charge in [-0.15, -0.1) is 0 Å². The van der Waals surface area contributed by atoms with Gasteiger partial charge in [0.05, 0.1) is 0 Å². The number of nitrogens with zero attached hydrogens (tertiary/aromatic N) is 1. The molecule has 1 N–H and O–H groups in total. The number of anilines is 1. The molecule has 0 unspecified atom stereocenters. The summed E-state index contributed by atoms with van der Waals surface area (Å²) in [6, 6.07) is 6.34. The smallest absolute Gasteiger partial charge is 0.386 e. The number of nitrogens with one attached hydrogen (secondary N) is 1. The van der Waals surface area contributed by atoms with Gasteiger partial charge in [0.25, 0.3) is 0 Å². The summed E-state index contributed by atoms with van der Waals surface area (Å²) < 4.78 is 17.7. The highest BCUT2D eigenvalue weighted by Gasteiger charge is 2.43. The lowest BCUT2D eigenvalue weighted by atomic mass is 9.90. The fourth-order valence-corrected chi connectivity index (χ4v) is 13.1. The highest BCUT2D eigenvalue weighted by molar-refractivity contribution is 6.98. The molecule has 2 nitrogen and oxygen atoms in total. The normalized spacial score (nSPS) is 13.1. The Morgan fingerprint density at radius 3 is 1.54 bits per heavy atom. The van der Waals surface area contributed by atoms with E-state index in [1.54, 1.807) is 0 Å². The summed E-state index contributed by atoms with van der Waals surface area (Å²) in [5.74, 6) is 0.733.